The third kappa shape index (κ3) is 2.14. The average molecular weight is 201 g/mol. The number of carbonyl (C=O) groups excluding carboxylic acids is 1. The van der Waals surface area contributed by atoms with Crippen molar-refractivity contribution >= 4 is 11.7 Å². The molecule has 14 heavy (non-hydrogen) atoms. The fraction of sp³-hybridized carbons (Fsp3) is 0.750. The molecule has 2 atom stereocenters. The normalized spacial score (nSPS) is 25.1. The Bertz CT molecular complexity index is 254. The highest BCUT2D eigenvalue weighted by atomic mass is 16.4. The number of amidine groups is 1. The van der Waals surface area contributed by atoms with E-state index in [-0.39, 0.29) is 11.7 Å². The Hall–Kier alpha value is -1.30. The van der Waals surface area contributed by atoms with Crippen molar-refractivity contribution in [2.24, 2.45) is 16.8 Å². The van der Waals surface area contributed by atoms with Gasteiger partial charge < -0.3 is 20.9 Å². The second kappa shape index (κ2) is 4.28. The summed E-state index contributed by atoms with van der Waals surface area (Å²) < 4.78 is 0. The molecular weight excluding hydrogens is 186 g/mol. The molecule has 1 amide bonds. The maximum atomic E-state index is 11.6. The van der Waals surface area contributed by atoms with Crippen LogP contribution in [-0.2, 0) is 4.79 Å². The van der Waals surface area contributed by atoms with Crippen LogP contribution in [0.2, 0.25) is 0 Å². The number of aliphatic hydroxyl groups excluding tert-OH is 1. The smallest absolute Gasteiger partial charge is 0.233 e. The third-order valence-electron chi connectivity index (χ3n) is 2.40. The second-order valence-corrected chi connectivity index (χ2v) is 3.47. The number of carbonyl (C=O) groups is 1. The lowest BCUT2D eigenvalue weighted by molar-refractivity contribution is -0.132. The Morgan fingerprint density at radius 2 is 2.36 bits per heavy atom. The van der Waals surface area contributed by atoms with Crippen molar-refractivity contribution in [1.82, 2.24) is 4.90 Å². The molecule has 1 fully saturated rings. The van der Waals surface area contributed by atoms with Gasteiger partial charge in [0.1, 0.15) is 0 Å². The van der Waals surface area contributed by atoms with Crippen LogP contribution in [0.3, 0.4) is 0 Å². The molecule has 4 N–H and O–H groups in total. The number of β-amino-alcohol motifs (C(OH)–C–C–N with tert-alkyl or cyclic N) is 1. The van der Waals surface area contributed by atoms with Gasteiger partial charge in [0.15, 0.2) is 5.84 Å². The van der Waals surface area contributed by atoms with Crippen molar-refractivity contribution in [1.29, 1.82) is 0 Å². The van der Waals surface area contributed by atoms with Gasteiger partial charge in [-0.15, -0.1) is 0 Å². The molecule has 0 aromatic rings. The largest absolute Gasteiger partial charge is 0.409 e. The minimum atomic E-state index is -0.634. The maximum Gasteiger partial charge on any atom is 0.233 e. The lowest BCUT2D eigenvalue weighted by Gasteiger charge is -2.19. The molecule has 0 aliphatic carbocycles. The van der Waals surface area contributed by atoms with Crippen LogP contribution in [0.4, 0.5) is 0 Å². The van der Waals surface area contributed by atoms with E-state index in [0.717, 1.165) is 0 Å². The first kappa shape index (κ1) is 10.8. The number of nitrogens with zero attached hydrogens (tertiary/aromatic N) is 2. The number of rotatable bonds is 2. The average Bonchev–Trinajstić information content (AvgIpc) is 2.61. The van der Waals surface area contributed by atoms with Gasteiger partial charge in [0.05, 0.1) is 12.0 Å². The minimum absolute atomic E-state index is 0.101. The molecule has 0 saturated carbocycles. The molecule has 0 aromatic carbocycles. The topological polar surface area (TPSA) is 99.2 Å². The highest BCUT2D eigenvalue weighted by Crippen LogP contribution is 2.12. The number of amides is 1. The summed E-state index contributed by atoms with van der Waals surface area (Å²) in [7, 11) is 0. The Morgan fingerprint density at radius 3 is 2.79 bits per heavy atom. The summed E-state index contributed by atoms with van der Waals surface area (Å²) in [6.07, 6.45) is 0.146. The third-order valence-corrected chi connectivity index (χ3v) is 2.40. The molecule has 2 unspecified atom stereocenters. The summed E-state index contributed by atoms with van der Waals surface area (Å²) in [5.74, 6) is -0.946. The number of aliphatic hydroxyl groups is 1. The predicted molar refractivity (Wildman–Crippen MR) is 49.8 cm³/mol. The van der Waals surface area contributed by atoms with Crippen molar-refractivity contribution in [3.05, 3.63) is 0 Å². The number of hydrogen-bond acceptors (Lipinski definition) is 4. The van der Waals surface area contributed by atoms with E-state index in [9.17, 15) is 9.90 Å². The van der Waals surface area contributed by atoms with E-state index in [4.69, 9.17) is 10.9 Å². The summed E-state index contributed by atoms with van der Waals surface area (Å²) in [6, 6.07) is 0. The Morgan fingerprint density at radius 1 is 1.71 bits per heavy atom. The first-order valence-electron chi connectivity index (χ1n) is 4.50. The zero-order valence-electron chi connectivity index (χ0n) is 8.05. The Kier molecular flexibility index (Phi) is 3.29. The van der Waals surface area contributed by atoms with E-state index in [2.05, 4.69) is 5.16 Å². The zero-order chi connectivity index (χ0) is 10.7. The van der Waals surface area contributed by atoms with Gasteiger partial charge >= 0.3 is 0 Å². The van der Waals surface area contributed by atoms with Gasteiger partial charge in [-0.05, 0) is 13.3 Å². The standard InChI is InChI=1S/C8H15N3O3/c1-5(7(9)10-14)8(13)11-3-2-6(12)4-11/h5-6,12,14H,2-4H2,1H3,(H2,9,10). The molecule has 0 radical (unpaired) electrons. The highest BCUT2D eigenvalue weighted by Gasteiger charge is 2.29. The van der Waals surface area contributed by atoms with E-state index in [1.54, 1.807) is 6.92 Å². The predicted octanol–water partition coefficient (Wildman–Crippen LogP) is -1.04. The second-order valence-electron chi connectivity index (χ2n) is 3.47. The van der Waals surface area contributed by atoms with Crippen LogP contribution in [0.25, 0.3) is 0 Å². The van der Waals surface area contributed by atoms with Gasteiger partial charge in [0.2, 0.25) is 5.91 Å². The molecule has 0 bridgehead atoms. The quantitative estimate of drug-likeness (QED) is 0.230. The van der Waals surface area contributed by atoms with Crippen molar-refractivity contribution in [3.63, 3.8) is 0 Å². The molecular formula is C8H15N3O3. The first-order valence-corrected chi connectivity index (χ1v) is 4.50. The summed E-state index contributed by atoms with van der Waals surface area (Å²) in [5.41, 5.74) is 5.31. The van der Waals surface area contributed by atoms with E-state index < -0.39 is 12.0 Å². The van der Waals surface area contributed by atoms with Crippen LogP contribution < -0.4 is 5.73 Å². The molecule has 1 aliphatic rings. The van der Waals surface area contributed by atoms with Gasteiger partial charge in [-0.1, -0.05) is 5.16 Å². The summed E-state index contributed by atoms with van der Waals surface area (Å²) in [5, 5.41) is 20.4. The fourth-order valence-corrected chi connectivity index (χ4v) is 1.43. The van der Waals surface area contributed by atoms with Crippen LogP contribution in [0.15, 0.2) is 5.16 Å². The molecule has 1 aliphatic heterocycles. The molecule has 80 valence electrons. The van der Waals surface area contributed by atoms with E-state index in [1.807, 2.05) is 0 Å². The molecule has 6 nitrogen and oxygen atoms in total. The van der Waals surface area contributed by atoms with Gasteiger partial charge in [0.25, 0.3) is 0 Å². The van der Waals surface area contributed by atoms with Crippen LogP contribution >= 0.6 is 0 Å². The lowest BCUT2D eigenvalue weighted by Crippen LogP contribution is -2.39. The molecule has 6 heteroatoms. The van der Waals surface area contributed by atoms with E-state index >= 15 is 0 Å². The van der Waals surface area contributed by atoms with E-state index in [0.29, 0.717) is 19.5 Å². The Balaban J connectivity index is 2.57. The monoisotopic (exact) mass is 201 g/mol. The SMILES string of the molecule is CC(C(=O)N1CCC(O)C1)/C(N)=N/O. The Labute approximate surface area is 82.0 Å². The lowest BCUT2D eigenvalue weighted by atomic mass is 10.1. The van der Waals surface area contributed by atoms with Crippen molar-refractivity contribution in [2.75, 3.05) is 13.1 Å². The first-order chi connectivity index (χ1) is 6.56. The molecule has 0 spiro atoms. The van der Waals surface area contributed by atoms with Gasteiger partial charge in [-0.3, -0.25) is 4.79 Å². The number of likely N-dealkylation sites (tertiary alicyclic amines) is 1. The molecule has 1 rings (SSSR count). The van der Waals surface area contributed by atoms with Crippen molar-refractivity contribution in [3.8, 4) is 0 Å². The molecule has 0 aromatic heterocycles. The van der Waals surface area contributed by atoms with Crippen LogP contribution in [0.5, 0.6) is 0 Å². The van der Waals surface area contributed by atoms with Crippen molar-refractivity contribution in [2.45, 2.75) is 19.4 Å². The maximum absolute atomic E-state index is 11.6. The highest BCUT2D eigenvalue weighted by molar-refractivity contribution is 6.01. The number of nitrogens with two attached hydrogens (primary N) is 1. The van der Waals surface area contributed by atoms with Gasteiger partial charge in [0, 0.05) is 13.1 Å². The van der Waals surface area contributed by atoms with Gasteiger partial charge in [-0.25, -0.2) is 0 Å². The van der Waals surface area contributed by atoms with E-state index in [1.165, 1.54) is 4.90 Å². The van der Waals surface area contributed by atoms with Crippen molar-refractivity contribution < 1.29 is 15.1 Å². The molecule has 1 saturated heterocycles. The van der Waals surface area contributed by atoms with Crippen LogP contribution in [-0.4, -0.2) is 46.1 Å². The molecule has 1 heterocycles. The van der Waals surface area contributed by atoms with Gasteiger partial charge in [-0.2, -0.15) is 0 Å². The summed E-state index contributed by atoms with van der Waals surface area (Å²) in [4.78, 5) is 13.2. The number of oxime groups is 1. The zero-order valence-corrected chi connectivity index (χ0v) is 8.05. The minimum Gasteiger partial charge on any atom is -0.409 e. The summed E-state index contributed by atoms with van der Waals surface area (Å²) in [6.45, 7) is 2.44. The van der Waals surface area contributed by atoms with Crippen LogP contribution in [0.1, 0.15) is 13.3 Å². The fourth-order valence-electron chi connectivity index (χ4n) is 1.43. The van der Waals surface area contributed by atoms with Crippen LogP contribution in [0, 0.1) is 5.92 Å². The summed E-state index contributed by atoms with van der Waals surface area (Å²) >= 11 is 0. The number of hydrogen-bond donors (Lipinski definition) is 3.